The Hall–Kier alpha value is -3.01. The molecule has 0 heterocycles. The molecule has 0 aliphatic rings. The second kappa shape index (κ2) is 8.39. The first-order valence-electron chi connectivity index (χ1n) is 8.39. The number of hydrogen-bond donors (Lipinski definition) is 2. The lowest BCUT2D eigenvalue weighted by Gasteiger charge is -2.16. The van der Waals surface area contributed by atoms with E-state index in [1.807, 2.05) is 44.2 Å². The number of aromatic carboxylic acids is 1. The number of methoxy groups -OCH3 is 1. The number of benzene rings is 2. The van der Waals surface area contributed by atoms with Gasteiger partial charge >= 0.3 is 5.97 Å². The fourth-order valence-electron chi connectivity index (χ4n) is 2.82. The molecule has 2 rings (SSSR count). The van der Waals surface area contributed by atoms with Crippen LogP contribution in [0.15, 0.2) is 48.6 Å². The van der Waals surface area contributed by atoms with E-state index in [9.17, 15) is 15.0 Å². The Morgan fingerprint density at radius 3 is 2.42 bits per heavy atom. The lowest BCUT2D eigenvalue weighted by molar-refractivity contribution is 0.0693. The summed E-state index contributed by atoms with van der Waals surface area (Å²) in [7, 11) is 1.51. The number of carbonyl (C=O) groups is 1. The first kappa shape index (κ1) is 19.3. The minimum Gasteiger partial charge on any atom is -0.507 e. The van der Waals surface area contributed by atoms with Crippen LogP contribution in [0.2, 0.25) is 0 Å². The van der Waals surface area contributed by atoms with Crippen molar-refractivity contribution in [2.45, 2.75) is 26.7 Å². The summed E-state index contributed by atoms with van der Waals surface area (Å²) in [6.45, 7) is 7.65. The van der Waals surface area contributed by atoms with E-state index in [2.05, 4.69) is 6.58 Å². The zero-order valence-electron chi connectivity index (χ0n) is 15.4. The van der Waals surface area contributed by atoms with E-state index in [-0.39, 0.29) is 11.3 Å². The van der Waals surface area contributed by atoms with Crippen molar-refractivity contribution in [1.29, 1.82) is 0 Å². The standard InChI is InChI=1S/C22H24O4/c1-14(2)10-11-18-19(26-4)13-17(20(21(18)23)22(24)25)12-15(3)16-8-6-5-7-9-16/h5-9,12-13,23H,1,10-11H2,2-4H3,(H,24,25)/b15-12+. The van der Waals surface area contributed by atoms with Gasteiger partial charge in [-0.1, -0.05) is 42.0 Å². The number of carboxylic acid groups (broad SMARTS) is 1. The van der Waals surface area contributed by atoms with E-state index < -0.39 is 5.97 Å². The highest BCUT2D eigenvalue weighted by Gasteiger charge is 2.22. The topological polar surface area (TPSA) is 66.8 Å². The van der Waals surface area contributed by atoms with Gasteiger partial charge in [-0.25, -0.2) is 4.79 Å². The Kier molecular flexibility index (Phi) is 6.23. The van der Waals surface area contributed by atoms with Gasteiger partial charge in [-0.2, -0.15) is 0 Å². The number of ether oxygens (including phenoxy) is 1. The number of rotatable bonds is 7. The minimum atomic E-state index is -1.17. The molecule has 0 radical (unpaired) electrons. The lowest BCUT2D eigenvalue weighted by Crippen LogP contribution is -2.05. The number of hydrogen-bond acceptors (Lipinski definition) is 3. The number of allylic oxidation sites excluding steroid dienone is 2. The summed E-state index contributed by atoms with van der Waals surface area (Å²) in [5.41, 5.74) is 3.61. The van der Waals surface area contributed by atoms with Crippen LogP contribution in [0.25, 0.3) is 11.6 Å². The third-order valence-electron chi connectivity index (χ3n) is 4.23. The van der Waals surface area contributed by atoms with Crippen LogP contribution in [0.4, 0.5) is 0 Å². The molecule has 0 saturated heterocycles. The minimum absolute atomic E-state index is 0.113. The molecule has 0 aliphatic heterocycles. The van der Waals surface area contributed by atoms with E-state index in [0.717, 1.165) is 16.7 Å². The predicted molar refractivity (Wildman–Crippen MR) is 105 cm³/mol. The summed E-state index contributed by atoms with van der Waals surface area (Å²) in [6.07, 6.45) is 2.86. The van der Waals surface area contributed by atoms with Crippen molar-refractivity contribution in [1.82, 2.24) is 0 Å². The third-order valence-corrected chi connectivity index (χ3v) is 4.23. The molecule has 0 atom stereocenters. The maximum Gasteiger partial charge on any atom is 0.340 e. The van der Waals surface area contributed by atoms with Crippen LogP contribution in [0.5, 0.6) is 11.5 Å². The summed E-state index contributed by atoms with van der Waals surface area (Å²) >= 11 is 0. The highest BCUT2D eigenvalue weighted by molar-refractivity contribution is 5.98. The predicted octanol–water partition coefficient (Wildman–Crippen LogP) is 5.17. The van der Waals surface area contributed by atoms with Crippen LogP contribution in [0.1, 0.15) is 47.3 Å². The molecule has 0 fully saturated rings. The van der Waals surface area contributed by atoms with Gasteiger partial charge < -0.3 is 14.9 Å². The van der Waals surface area contributed by atoms with Crippen molar-refractivity contribution in [2.75, 3.05) is 7.11 Å². The molecule has 26 heavy (non-hydrogen) atoms. The smallest absolute Gasteiger partial charge is 0.340 e. The summed E-state index contributed by atoms with van der Waals surface area (Å²) in [6, 6.07) is 11.3. The molecule has 0 aromatic heterocycles. The maximum absolute atomic E-state index is 11.8. The van der Waals surface area contributed by atoms with Gasteiger partial charge in [0.1, 0.15) is 17.1 Å². The van der Waals surface area contributed by atoms with Gasteiger partial charge in [0.2, 0.25) is 0 Å². The van der Waals surface area contributed by atoms with Gasteiger partial charge in [-0.3, -0.25) is 0 Å². The first-order chi connectivity index (χ1) is 12.3. The molecule has 2 aromatic carbocycles. The molecule has 0 aliphatic carbocycles. The largest absolute Gasteiger partial charge is 0.507 e. The zero-order valence-corrected chi connectivity index (χ0v) is 15.4. The van der Waals surface area contributed by atoms with Crippen molar-refractivity contribution < 1.29 is 19.7 Å². The SMILES string of the molecule is C=C(C)CCc1c(OC)cc(/C=C(\C)c2ccccc2)c(C(=O)O)c1O. The fourth-order valence-corrected chi connectivity index (χ4v) is 2.82. The van der Waals surface area contributed by atoms with E-state index in [0.29, 0.717) is 29.7 Å². The summed E-state index contributed by atoms with van der Waals surface area (Å²) < 4.78 is 5.41. The molecule has 0 spiro atoms. The van der Waals surface area contributed by atoms with Crippen molar-refractivity contribution >= 4 is 17.6 Å². The molecule has 0 bridgehead atoms. The summed E-state index contributed by atoms with van der Waals surface area (Å²) in [4.78, 5) is 11.8. The second-order valence-electron chi connectivity index (χ2n) is 6.33. The number of phenols is 1. The first-order valence-corrected chi connectivity index (χ1v) is 8.39. The Labute approximate surface area is 154 Å². The van der Waals surface area contributed by atoms with Gasteiger partial charge in [-0.15, -0.1) is 6.58 Å². The molecule has 0 unspecified atom stereocenters. The van der Waals surface area contributed by atoms with Crippen LogP contribution < -0.4 is 4.74 Å². The highest BCUT2D eigenvalue weighted by atomic mass is 16.5. The Balaban J connectivity index is 2.60. The lowest BCUT2D eigenvalue weighted by atomic mass is 9.94. The Morgan fingerprint density at radius 1 is 1.23 bits per heavy atom. The van der Waals surface area contributed by atoms with Crippen LogP contribution in [-0.4, -0.2) is 23.3 Å². The van der Waals surface area contributed by atoms with Crippen molar-refractivity contribution in [2.24, 2.45) is 0 Å². The number of carboxylic acids is 1. The molecular formula is C22H24O4. The van der Waals surface area contributed by atoms with Gasteiger partial charge in [-0.05, 0) is 49.5 Å². The Bertz CT molecular complexity index is 848. The van der Waals surface area contributed by atoms with Crippen LogP contribution in [0.3, 0.4) is 0 Å². The van der Waals surface area contributed by atoms with E-state index in [1.165, 1.54) is 7.11 Å². The molecular weight excluding hydrogens is 328 g/mol. The van der Waals surface area contributed by atoms with Crippen LogP contribution >= 0.6 is 0 Å². The van der Waals surface area contributed by atoms with Crippen molar-refractivity contribution in [3.05, 3.63) is 70.8 Å². The molecule has 4 nitrogen and oxygen atoms in total. The maximum atomic E-state index is 11.8. The summed E-state index contributed by atoms with van der Waals surface area (Å²) in [5.74, 6) is -0.945. The summed E-state index contributed by atoms with van der Waals surface area (Å²) in [5, 5.41) is 20.3. The van der Waals surface area contributed by atoms with Crippen molar-refractivity contribution in [3.8, 4) is 11.5 Å². The quantitative estimate of drug-likeness (QED) is 0.533. The zero-order chi connectivity index (χ0) is 19.3. The van der Waals surface area contributed by atoms with Crippen LogP contribution in [0, 0.1) is 0 Å². The van der Waals surface area contributed by atoms with Crippen molar-refractivity contribution in [3.63, 3.8) is 0 Å². The van der Waals surface area contributed by atoms with E-state index in [4.69, 9.17) is 4.74 Å². The van der Waals surface area contributed by atoms with Crippen LogP contribution in [-0.2, 0) is 6.42 Å². The van der Waals surface area contributed by atoms with Gasteiger partial charge in [0.25, 0.3) is 0 Å². The highest BCUT2D eigenvalue weighted by Crippen LogP contribution is 2.37. The molecule has 4 heteroatoms. The molecule has 136 valence electrons. The average molecular weight is 352 g/mol. The van der Waals surface area contributed by atoms with E-state index >= 15 is 0 Å². The van der Waals surface area contributed by atoms with Gasteiger partial charge in [0.15, 0.2) is 0 Å². The Morgan fingerprint density at radius 2 is 1.88 bits per heavy atom. The molecule has 0 amide bonds. The molecule has 2 N–H and O–H groups in total. The monoisotopic (exact) mass is 352 g/mol. The second-order valence-corrected chi connectivity index (χ2v) is 6.33. The van der Waals surface area contributed by atoms with E-state index in [1.54, 1.807) is 12.1 Å². The molecule has 2 aromatic rings. The normalized spacial score (nSPS) is 11.3. The number of aromatic hydroxyl groups is 1. The third kappa shape index (κ3) is 4.33. The van der Waals surface area contributed by atoms with Gasteiger partial charge in [0.05, 0.1) is 7.11 Å². The molecule has 0 saturated carbocycles. The van der Waals surface area contributed by atoms with Gasteiger partial charge in [0, 0.05) is 5.56 Å². The fraction of sp³-hybridized carbons (Fsp3) is 0.227. The average Bonchev–Trinajstić information content (AvgIpc) is 2.60.